The van der Waals surface area contributed by atoms with Gasteiger partial charge in [0, 0.05) is 44.5 Å². The third-order valence-electron chi connectivity index (χ3n) is 5.03. The van der Waals surface area contributed by atoms with Gasteiger partial charge < -0.3 is 10.1 Å². The fourth-order valence-electron chi connectivity index (χ4n) is 3.55. The zero-order valence-corrected chi connectivity index (χ0v) is 14.6. The van der Waals surface area contributed by atoms with Gasteiger partial charge in [-0.15, -0.1) is 0 Å². The molecule has 2 amide bonds. The van der Waals surface area contributed by atoms with Crippen molar-refractivity contribution in [3.63, 3.8) is 0 Å². The number of para-hydroxylation sites is 1. The van der Waals surface area contributed by atoms with Crippen LogP contribution in [0.4, 0.5) is 5.82 Å². The van der Waals surface area contributed by atoms with Crippen LogP contribution in [0.15, 0.2) is 24.3 Å². The molecule has 8 nitrogen and oxygen atoms in total. The monoisotopic (exact) mass is 357 g/mol. The highest BCUT2D eigenvalue weighted by Gasteiger charge is 2.36. The molecule has 2 saturated heterocycles. The summed E-state index contributed by atoms with van der Waals surface area (Å²) in [6.07, 6.45) is 0.227. The van der Waals surface area contributed by atoms with E-state index in [1.54, 1.807) is 4.90 Å². The van der Waals surface area contributed by atoms with Crippen molar-refractivity contribution in [2.45, 2.75) is 6.42 Å². The van der Waals surface area contributed by atoms with E-state index in [2.05, 4.69) is 20.4 Å². The molecule has 26 heavy (non-hydrogen) atoms. The second-order valence-electron chi connectivity index (χ2n) is 6.74. The highest BCUT2D eigenvalue weighted by Crippen LogP contribution is 2.29. The second-order valence-corrected chi connectivity index (χ2v) is 6.74. The van der Waals surface area contributed by atoms with E-state index >= 15 is 0 Å². The Bertz CT molecular complexity index is 799. The van der Waals surface area contributed by atoms with Gasteiger partial charge in [0.25, 0.3) is 0 Å². The Morgan fingerprint density at radius 2 is 2.12 bits per heavy atom. The van der Waals surface area contributed by atoms with Crippen molar-refractivity contribution in [3.05, 3.63) is 24.3 Å². The minimum absolute atomic E-state index is 0.0596. The SMILES string of the molecule is O=C(NCCN1CCOCC1)C1CC(=O)N(c2n[nH]c3ccccc23)C1. The second kappa shape index (κ2) is 7.43. The van der Waals surface area contributed by atoms with Gasteiger partial charge in [-0.3, -0.25) is 24.5 Å². The number of nitrogens with one attached hydrogen (secondary N) is 2. The number of benzene rings is 1. The molecule has 138 valence electrons. The first kappa shape index (κ1) is 17.0. The topological polar surface area (TPSA) is 90.6 Å². The number of carbonyl (C=O) groups excluding carboxylic acids is 2. The molecular weight excluding hydrogens is 334 g/mol. The summed E-state index contributed by atoms with van der Waals surface area (Å²) < 4.78 is 5.32. The first-order valence-electron chi connectivity index (χ1n) is 9.03. The molecule has 4 rings (SSSR count). The quantitative estimate of drug-likeness (QED) is 0.807. The van der Waals surface area contributed by atoms with Crippen molar-refractivity contribution in [1.82, 2.24) is 20.4 Å². The number of anilines is 1. The lowest BCUT2D eigenvalue weighted by Crippen LogP contribution is -2.42. The van der Waals surface area contributed by atoms with Crippen molar-refractivity contribution in [1.29, 1.82) is 0 Å². The van der Waals surface area contributed by atoms with Crippen LogP contribution in [0.1, 0.15) is 6.42 Å². The van der Waals surface area contributed by atoms with Crippen molar-refractivity contribution in [2.24, 2.45) is 5.92 Å². The summed E-state index contributed by atoms with van der Waals surface area (Å²) >= 11 is 0. The van der Waals surface area contributed by atoms with E-state index in [1.165, 1.54) is 0 Å². The molecule has 0 radical (unpaired) electrons. The third-order valence-corrected chi connectivity index (χ3v) is 5.03. The van der Waals surface area contributed by atoms with Gasteiger partial charge in [-0.05, 0) is 12.1 Å². The number of hydrogen-bond donors (Lipinski definition) is 2. The van der Waals surface area contributed by atoms with E-state index < -0.39 is 0 Å². The maximum atomic E-state index is 12.4. The number of fused-ring (bicyclic) bond motifs is 1. The number of ether oxygens (including phenoxy) is 1. The molecule has 2 fully saturated rings. The Labute approximate surface area is 151 Å². The van der Waals surface area contributed by atoms with Crippen LogP contribution >= 0.6 is 0 Å². The van der Waals surface area contributed by atoms with Crippen molar-refractivity contribution in [2.75, 3.05) is 50.8 Å². The van der Waals surface area contributed by atoms with Crippen LogP contribution in [-0.2, 0) is 14.3 Å². The minimum Gasteiger partial charge on any atom is -0.379 e. The molecule has 2 aliphatic rings. The van der Waals surface area contributed by atoms with Crippen LogP contribution in [0, 0.1) is 5.92 Å². The lowest BCUT2D eigenvalue weighted by molar-refractivity contribution is -0.126. The third kappa shape index (κ3) is 3.42. The first-order chi connectivity index (χ1) is 12.7. The number of H-pyrrole nitrogens is 1. The van der Waals surface area contributed by atoms with Gasteiger partial charge in [-0.1, -0.05) is 12.1 Å². The van der Waals surface area contributed by atoms with Crippen LogP contribution < -0.4 is 10.2 Å². The normalized spacial score (nSPS) is 21.5. The van der Waals surface area contributed by atoms with Crippen molar-refractivity contribution < 1.29 is 14.3 Å². The number of hydrogen-bond acceptors (Lipinski definition) is 5. The van der Waals surface area contributed by atoms with Crippen LogP contribution in [0.3, 0.4) is 0 Å². The Hall–Kier alpha value is -2.45. The van der Waals surface area contributed by atoms with E-state index in [9.17, 15) is 9.59 Å². The number of nitrogens with zero attached hydrogens (tertiary/aromatic N) is 3. The van der Waals surface area contributed by atoms with Gasteiger partial charge in [0.2, 0.25) is 11.8 Å². The number of rotatable bonds is 5. The van der Waals surface area contributed by atoms with Crippen LogP contribution in [0.25, 0.3) is 10.9 Å². The van der Waals surface area contributed by atoms with Gasteiger partial charge in [0.1, 0.15) is 0 Å². The number of aromatic amines is 1. The zero-order valence-electron chi connectivity index (χ0n) is 14.6. The van der Waals surface area contributed by atoms with E-state index in [4.69, 9.17) is 4.74 Å². The summed E-state index contributed by atoms with van der Waals surface area (Å²) in [5, 5.41) is 11.1. The van der Waals surface area contributed by atoms with Gasteiger partial charge in [0.15, 0.2) is 5.82 Å². The molecule has 1 unspecified atom stereocenters. The zero-order chi connectivity index (χ0) is 17.9. The largest absolute Gasteiger partial charge is 0.379 e. The van der Waals surface area contributed by atoms with Crippen LogP contribution in [0.5, 0.6) is 0 Å². The average Bonchev–Trinajstić information content (AvgIpc) is 3.26. The molecule has 0 aliphatic carbocycles. The number of morpholine rings is 1. The first-order valence-corrected chi connectivity index (χ1v) is 9.03. The summed E-state index contributed by atoms with van der Waals surface area (Å²) in [5.74, 6) is 0.154. The van der Waals surface area contributed by atoms with E-state index in [0.29, 0.717) is 18.9 Å². The Balaban J connectivity index is 1.34. The predicted molar refractivity (Wildman–Crippen MR) is 96.8 cm³/mol. The van der Waals surface area contributed by atoms with E-state index in [1.807, 2.05) is 24.3 Å². The molecule has 3 heterocycles. The van der Waals surface area contributed by atoms with E-state index in [-0.39, 0.29) is 24.2 Å². The van der Waals surface area contributed by atoms with Crippen LogP contribution in [0.2, 0.25) is 0 Å². The fourth-order valence-corrected chi connectivity index (χ4v) is 3.55. The smallest absolute Gasteiger partial charge is 0.229 e. The summed E-state index contributed by atoms with van der Waals surface area (Å²) in [6.45, 7) is 5.07. The van der Waals surface area contributed by atoms with Gasteiger partial charge in [0.05, 0.1) is 24.6 Å². The number of aromatic nitrogens is 2. The Morgan fingerprint density at radius 1 is 1.31 bits per heavy atom. The van der Waals surface area contributed by atoms with Crippen molar-refractivity contribution in [3.8, 4) is 0 Å². The Kier molecular flexibility index (Phi) is 4.85. The average molecular weight is 357 g/mol. The van der Waals surface area contributed by atoms with E-state index in [0.717, 1.165) is 43.8 Å². The number of carbonyl (C=O) groups is 2. The highest BCUT2D eigenvalue weighted by molar-refractivity contribution is 6.05. The fraction of sp³-hybridized carbons (Fsp3) is 0.500. The highest BCUT2D eigenvalue weighted by atomic mass is 16.5. The molecule has 2 aromatic rings. The summed E-state index contributed by atoms with van der Waals surface area (Å²) in [6, 6.07) is 7.68. The molecule has 1 aromatic carbocycles. The molecule has 0 spiro atoms. The maximum absolute atomic E-state index is 12.4. The summed E-state index contributed by atoms with van der Waals surface area (Å²) in [7, 11) is 0. The Morgan fingerprint density at radius 3 is 2.96 bits per heavy atom. The maximum Gasteiger partial charge on any atom is 0.229 e. The standard InChI is InChI=1S/C18H23N5O3/c24-16-11-13(18(25)19-5-6-22-7-9-26-10-8-22)12-23(16)17-14-3-1-2-4-15(14)20-21-17/h1-4,13H,5-12H2,(H,19,25)(H,20,21). The number of amides is 2. The summed E-state index contributed by atoms with van der Waals surface area (Å²) in [5.41, 5.74) is 0.883. The van der Waals surface area contributed by atoms with Crippen molar-refractivity contribution >= 4 is 28.5 Å². The molecule has 1 atom stereocenters. The molecule has 0 saturated carbocycles. The predicted octanol–water partition coefficient (Wildman–Crippen LogP) is 0.364. The van der Waals surface area contributed by atoms with Gasteiger partial charge in [-0.25, -0.2) is 0 Å². The molecule has 2 aliphatic heterocycles. The molecule has 1 aromatic heterocycles. The van der Waals surface area contributed by atoms with Crippen LogP contribution in [-0.4, -0.2) is 72.8 Å². The molecule has 0 bridgehead atoms. The lowest BCUT2D eigenvalue weighted by atomic mass is 10.1. The van der Waals surface area contributed by atoms with Gasteiger partial charge >= 0.3 is 0 Å². The molecule has 8 heteroatoms. The lowest BCUT2D eigenvalue weighted by Gasteiger charge is -2.26. The molecular formula is C18H23N5O3. The minimum atomic E-state index is -0.331. The van der Waals surface area contributed by atoms with Gasteiger partial charge in [-0.2, -0.15) is 5.10 Å². The summed E-state index contributed by atoms with van der Waals surface area (Å²) in [4.78, 5) is 28.8. The molecule has 2 N–H and O–H groups in total.